The Bertz CT molecular complexity index is 794. The SMILES string of the molecule is O=C(O)C1=C(CCCCc2ccc(F)cc2)N(Cc2cccs2)CC=C1. The summed E-state index contributed by atoms with van der Waals surface area (Å²) >= 11 is 1.69. The van der Waals surface area contributed by atoms with Crippen LogP contribution in [0, 0.1) is 5.82 Å². The van der Waals surface area contributed by atoms with E-state index in [-0.39, 0.29) is 5.82 Å². The van der Waals surface area contributed by atoms with E-state index in [1.54, 1.807) is 17.4 Å². The second kappa shape index (κ2) is 8.81. The van der Waals surface area contributed by atoms with Gasteiger partial charge in [-0.3, -0.25) is 0 Å². The van der Waals surface area contributed by atoms with Crippen LogP contribution in [0.5, 0.6) is 0 Å². The lowest BCUT2D eigenvalue weighted by Crippen LogP contribution is -2.28. The number of carbonyl (C=O) groups is 1. The summed E-state index contributed by atoms with van der Waals surface area (Å²) in [6.45, 7) is 1.48. The number of unbranched alkanes of at least 4 members (excludes halogenated alkanes) is 1. The number of aliphatic carboxylic acids is 1. The third-order valence-electron chi connectivity index (χ3n) is 4.50. The number of carboxylic acids is 1. The number of thiophene rings is 1. The maximum atomic E-state index is 13.0. The minimum Gasteiger partial charge on any atom is -0.478 e. The highest BCUT2D eigenvalue weighted by Gasteiger charge is 2.21. The molecular weight excluding hydrogens is 349 g/mol. The highest BCUT2D eigenvalue weighted by molar-refractivity contribution is 7.09. The van der Waals surface area contributed by atoms with Crippen LogP contribution in [0.15, 0.2) is 65.2 Å². The van der Waals surface area contributed by atoms with Crippen LogP contribution in [-0.4, -0.2) is 22.5 Å². The molecule has 136 valence electrons. The Kier molecular flexibility index (Phi) is 6.23. The van der Waals surface area contributed by atoms with Crippen molar-refractivity contribution in [3.05, 3.63) is 81.5 Å². The molecule has 0 unspecified atom stereocenters. The van der Waals surface area contributed by atoms with Crippen molar-refractivity contribution in [3.8, 4) is 0 Å². The Labute approximate surface area is 157 Å². The van der Waals surface area contributed by atoms with Gasteiger partial charge in [0.05, 0.1) is 12.1 Å². The maximum Gasteiger partial charge on any atom is 0.337 e. The molecule has 0 saturated carbocycles. The molecule has 1 N–H and O–H groups in total. The summed E-state index contributed by atoms with van der Waals surface area (Å²) < 4.78 is 13.0. The number of allylic oxidation sites excluding steroid dienone is 1. The van der Waals surface area contributed by atoms with Crippen LogP contribution < -0.4 is 0 Å². The molecule has 2 heterocycles. The van der Waals surface area contributed by atoms with Gasteiger partial charge in [-0.1, -0.05) is 24.3 Å². The van der Waals surface area contributed by atoms with Gasteiger partial charge in [-0.05, 0) is 60.9 Å². The van der Waals surface area contributed by atoms with Gasteiger partial charge < -0.3 is 10.0 Å². The van der Waals surface area contributed by atoms with Crippen LogP contribution in [-0.2, 0) is 17.8 Å². The normalized spacial score (nSPS) is 14.1. The number of halogens is 1. The van der Waals surface area contributed by atoms with Gasteiger partial charge in [0.15, 0.2) is 0 Å². The van der Waals surface area contributed by atoms with Crippen LogP contribution in [0.1, 0.15) is 29.7 Å². The zero-order valence-corrected chi connectivity index (χ0v) is 15.3. The molecule has 1 aromatic carbocycles. The van der Waals surface area contributed by atoms with E-state index in [1.807, 2.05) is 29.7 Å². The lowest BCUT2D eigenvalue weighted by Gasteiger charge is -2.30. The molecule has 1 aromatic heterocycles. The van der Waals surface area contributed by atoms with Crippen molar-refractivity contribution < 1.29 is 14.3 Å². The van der Waals surface area contributed by atoms with E-state index < -0.39 is 5.97 Å². The molecule has 26 heavy (non-hydrogen) atoms. The van der Waals surface area contributed by atoms with Gasteiger partial charge in [0.1, 0.15) is 5.82 Å². The molecule has 3 nitrogen and oxygen atoms in total. The van der Waals surface area contributed by atoms with E-state index in [0.717, 1.165) is 50.0 Å². The van der Waals surface area contributed by atoms with Gasteiger partial charge in [0.2, 0.25) is 0 Å². The second-order valence-corrected chi connectivity index (χ2v) is 7.39. The third kappa shape index (κ3) is 4.82. The predicted molar refractivity (Wildman–Crippen MR) is 102 cm³/mol. The molecule has 0 aliphatic carbocycles. The molecular formula is C21H22FNO2S. The molecule has 0 bridgehead atoms. The average molecular weight is 371 g/mol. The fraction of sp³-hybridized carbons (Fsp3) is 0.286. The molecule has 5 heteroatoms. The van der Waals surface area contributed by atoms with Gasteiger partial charge in [0.25, 0.3) is 0 Å². The van der Waals surface area contributed by atoms with Crippen molar-refractivity contribution in [2.24, 2.45) is 0 Å². The molecule has 1 aliphatic heterocycles. The number of aryl methyl sites for hydroxylation is 1. The summed E-state index contributed by atoms with van der Waals surface area (Å²) in [6.07, 6.45) is 7.09. The van der Waals surface area contributed by atoms with Crippen molar-refractivity contribution in [1.29, 1.82) is 0 Å². The number of hydrogen-bond acceptors (Lipinski definition) is 3. The summed E-state index contributed by atoms with van der Waals surface area (Å²) in [5.41, 5.74) is 2.42. The number of benzene rings is 1. The zero-order chi connectivity index (χ0) is 18.4. The predicted octanol–water partition coefficient (Wildman–Crippen LogP) is 5.01. The monoisotopic (exact) mass is 371 g/mol. The average Bonchev–Trinajstić information content (AvgIpc) is 3.14. The summed E-state index contributed by atoms with van der Waals surface area (Å²) in [4.78, 5) is 15.0. The van der Waals surface area contributed by atoms with Crippen molar-refractivity contribution in [2.75, 3.05) is 6.54 Å². The molecule has 0 radical (unpaired) electrons. The quantitative estimate of drug-likeness (QED) is 0.663. The fourth-order valence-electron chi connectivity index (χ4n) is 3.19. The second-order valence-electron chi connectivity index (χ2n) is 6.36. The number of nitrogens with zero attached hydrogens (tertiary/aromatic N) is 1. The van der Waals surface area contributed by atoms with Gasteiger partial charge >= 0.3 is 5.97 Å². The standard InChI is InChI=1S/C21H22FNO2S/c22-17-11-9-16(10-12-17)5-1-2-8-20-19(21(24)25)7-3-13-23(20)15-18-6-4-14-26-18/h3-4,6-7,9-12,14H,1-2,5,8,13,15H2,(H,24,25). The molecule has 0 atom stereocenters. The van der Waals surface area contributed by atoms with Crippen molar-refractivity contribution in [2.45, 2.75) is 32.2 Å². The topological polar surface area (TPSA) is 40.5 Å². The smallest absolute Gasteiger partial charge is 0.337 e. The largest absolute Gasteiger partial charge is 0.478 e. The lowest BCUT2D eigenvalue weighted by molar-refractivity contribution is -0.132. The number of rotatable bonds is 8. The van der Waals surface area contributed by atoms with Crippen molar-refractivity contribution >= 4 is 17.3 Å². The molecule has 0 saturated heterocycles. The first-order chi connectivity index (χ1) is 12.6. The van der Waals surface area contributed by atoms with E-state index >= 15 is 0 Å². The van der Waals surface area contributed by atoms with Gasteiger partial charge in [-0.15, -0.1) is 11.3 Å². The van der Waals surface area contributed by atoms with E-state index in [1.165, 1.54) is 17.0 Å². The number of carboxylic acid groups (broad SMARTS) is 1. The fourth-order valence-corrected chi connectivity index (χ4v) is 3.90. The van der Waals surface area contributed by atoms with Crippen LogP contribution in [0.3, 0.4) is 0 Å². The Morgan fingerprint density at radius 2 is 1.92 bits per heavy atom. The van der Waals surface area contributed by atoms with Crippen LogP contribution in [0.2, 0.25) is 0 Å². The highest BCUT2D eigenvalue weighted by atomic mass is 32.1. The summed E-state index contributed by atoms with van der Waals surface area (Å²) in [5, 5.41) is 11.6. The first-order valence-corrected chi connectivity index (χ1v) is 9.66. The first kappa shape index (κ1) is 18.4. The number of hydrogen-bond donors (Lipinski definition) is 1. The summed E-state index contributed by atoms with van der Waals surface area (Å²) in [5.74, 6) is -1.09. The van der Waals surface area contributed by atoms with Crippen LogP contribution in [0.4, 0.5) is 4.39 Å². The summed E-state index contributed by atoms with van der Waals surface area (Å²) in [6, 6.07) is 10.7. The molecule has 0 amide bonds. The molecule has 1 aliphatic rings. The highest BCUT2D eigenvalue weighted by Crippen LogP contribution is 2.26. The summed E-state index contributed by atoms with van der Waals surface area (Å²) in [7, 11) is 0. The van der Waals surface area contributed by atoms with Gasteiger partial charge in [-0.25, -0.2) is 9.18 Å². The van der Waals surface area contributed by atoms with E-state index in [2.05, 4.69) is 11.0 Å². The Morgan fingerprint density at radius 1 is 1.15 bits per heavy atom. The van der Waals surface area contributed by atoms with E-state index in [9.17, 15) is 14.3 Å². The van der Waals surface area contributed by atoms with Crippen LogP contribution >= 0.6 is 11.3 Å². The van der Waals surface area contributed by atoms with Crippen molar-refractivity contribution in [1.82, 2.24) is 4.90 Å². The molecule has 0 spiro atoms. The third-order valence-corrected chi connectivity index (χ3v) is 5.36. The minimum atomic E-state index is -0.870. The lowest BCUT2D eigenvalue weighted by atomic mass is 10.0. The first-order valence-electron chi connectivity index (χ1n) is 8.78. The zero-order valence-electron chi connectivity index (χ0n) is 14.5. The van der Waals surface area contributed by atoms with E-state index in [4.69, 9.17) is 0 Å². The van der Waals surface area contributed by atoms with Crippen LogP contribution in [0.25, 0.3) is 0 Å². The van der Waals surface area contributed by atoms with Gasteiger partial charge in [0, 0.05) is 17.1 Å². The molecule has 0 fully saturated rings. The van der Waals surface area contributed by atoms with E-state index in [0.29, 0.717) is 5.57 Å². The van der Waals surface area contributed by atoms with Crippen molar-refractivity contribution in [3.63, 3.8) is 0 Å². The Balaban J connectivity index is 1.63. The minimum absolute atomic E-state index is 0.219. The van der Waals surface area contributed by atoms with Gasteiger partial charge in [-0.2, -0.15) is 0 Å². The molecule has 3 rings (SSSR count). The Morgan fingerprint density at radius 3 is 2.62 bits per heavy atom. The maximum absolute atomic E-state index is 13.0. The Hall–Kier alpha value is -2.40. The molecule has 2 aromatic rings.